The number of nitrogens with one attached hydrogen (secondary N) is 1. The standard InChI is InChI=1S/C12H20BrF2NO/c1-9(4-7-13)8-16-11(17)10-2-5-12(14,15)6-3-10/h9-10H,2-8H2,1H3,(H,16,17). The van der Waals surface area contributed by atoms with Crippen LogP contribution in [0.15, 0.2) is 0 Å². The van der Waals surface area contributed by atoms with Gasteiger partial charge in [0.25, 0.3) is 0 Å². The quantitative estimate of drug-likeness (QED) is 0.775. The van der Waals surface area contributed by atoms with E-state index in [-0.39, 0.29) is 24.7 Å². The van der Waals surface area contributed by atoms with Gasteiger partial charge in [0.15, 0.2) is 0 Å². The van der Waals surface area contributed by atoms with E-state index in [4.69, 9.17) is 0 Å². The molecule has 1 fully saturated rings. The van der Waals surface area contributed by atoms with Gasteiger partial charge in [0.2, 0.25) is 11.8 Å². The fourth-order valence-electron chi connectivity index (χ4n) is 2.01. The second kappa shape index (κ2) is 6.66. The second-order valence-corrected chi connectivity index (χ2v) is 5.75. The Morgan fingerprint density at radius 2 is 2.06 bits per heavy atom. The molecule has 0 aromatic heterocycles. The second-order valence-electron chi connectivity index (χ2n) is 4.96. The lowest BCUT2D eigenvalue weighted by molar-refractivity contribution is -0.129. The zero-order valence-electron chi connectivity index (χ0n) is 10.1. The van der Waals surface area contributed by atoms with E-state index in [0.29, 0.717) is 25.3 Å². The van der Waals surface area contributed by atoms with Crippen LogP contribution in [0.2, 0.25) is 0 Å². The molecular weight excluding hydrogens is 292 g/mol. The number of carbonyl (C=O) groups is 1. The maximum Gasteiger partial charge on any atom is 0.248 e. The van der Waals surface area contributed by atoms with E-state index in [1.165, 1.54) is 0 Å². The van der Waals surface area contributed by atoms with E-state index in [2.05, 4.69) is 28.2 Å². The van der Waals surface area contributed by atoms with E-state index in [9.17, 15) is 13.6 Å². The first-order valence-electron chi connectivity index (χ1n) is 6.16. The molecule has 17 heavy (non-hydrogen) atoms. The summed E-state index contributed by atoms with van der Waals surface area (Å²) in [7, 11) is 0. The number of halogens is 3. The van der Waals surface area contributed by atoms with Gasteiger partial charge < -0.3 is 5.32 Å². The van der Waals surface area contributed by atoms with Gasteiger partial charge in [0, 0.05) is 30.6 Å². The highest BCUT2D eigenvalue weighted by molar-refractivity contribution is 9.09. The monoisotopic (exact) mass is 311 g/mol. The van der Waals surface area contributed by atoms with Crippen molar-refractivity contribution in [3.8, 4) is 0 Å². The molecule has 1 saturated carbocycles. The van der Waals surface area contributed by atoms with Gasteiger partial charge in [0.1, 0.15) is 0 Å². The molecule has 1 atom stereocenters. The van der Waals surface area contributed by atoms with E-state index < -0.39 is 5.92 Å². The Hall–Kier alpha value is -0.190. The van der Waals surface area contributed by atoms with Gasteiger partial charge >= 0.3 is 0 Å². The van der Waals surface area contributed by atoms with Gasteiger partial charge in [-0.05, 0) is 25.2 Å². The van der Waals surface area contributed by atoms with Crippen LogP contribution in [0.1, 0.15) is 39.0 Å². The molecule has 1 aliphatic rings. The van der Waals surface area contributed by atoms with Crippen molar-refractivity contribution in [3.63, 3.8) is 0 Å². The number of rotatable bonds is 5. The molecule has 0 spiro atoms. The summed E-state index contributed by atoms with van der Waals surface area (Å²) in [6.07, 6.45) is 1.32. The van der Waals surface area contributed by atoms with Crippen LogP contribution in [0, 0.1) is 11.8 Å². The third-order valence-electron chi connectivity index (χ3n) is 3.31. The molecule has 2 nitrogen and oxygen atoms in total. The molecule has 1 rings (SSSR count). The van der Waals surface area contributed by atoms with E-state index >= 15 is 0 Å². The summed E-state index contributed by atoms with van der Waals surface area (Å²) in [5, 5.41) is 3.78. The maximum absolute atomic E-state index is 12.9. The fraction of sp³-hybridized carbons (Fsp3) is 0.917. The lowest BCUT2D eigenvalue weighted by atomic mass is 9.86. The normalized spacial score (nSPS) is 22.1. The highest BCUT2D eigenvalue weighted by Gasteiger charge is 2.37. The molecule has 0 aromatic carbocycles. The summed E-state index contributed by atoms with van der Waals surface area (Å²) in [5.74, 6) is -2.41. The summed E-state index contributed by atoms with van der Waals surface area (Å²) in [6, 6.07) is 0. The molecule has 1 N–H and O–H groups in total. The van der Waals surface area contributed by atoms with E-state index in [0.717, 1.165) is 11.8 Å². The lowest BCUT2D eigenvalue weighted by Gasteiger charge is -2.27. The first kappa shape index (κ1) is 14.9. The topological polar surface area (TPSA) is 29.1 Å². The summed E-state index contributed by atoms with van der Waals surface area (Å²) >= 11 is 3.35. The molecule has 0 aliphatic heterocycles. The van der Waals surface area contributed by atoms with Crippen molar-refractivity contribution in [2.75, 3.05) is 11.9 Å². The number of alkyl halides is 3. The number of amides is 1. The zero-order valence-corrected chi connectivity index (χ0v) is 11.7. The van der Waals surface area contributed by atoms with Crippen LogP contribution < -0.4 is 5.32 Å². The molecule has 5 heteroatoms. The zero-order chi connectivity index (χ0) is 12.9. The Morgan fingerprint density at radius 1 is 1.47 bits per heavy atom. The van der Waals surface area contributed by atoms with Crippen molar-refractivity contribution in [1.82, 2.24) is 5.32 Å². The Labute approximate surface area is 110 Å². The van der Waals surface area contributed by atoms with Gasteiger partial charge in [0.05, 0.1) is 0 Å². The molecule has 0 heterocycles. The van der Waals surface area contributed by atoms with Crippen LogP contribution in [-0.2, 0) is 4.79 Å². The van der Waals surface area contributed by atoms with E-state index in [1.807, 2.05) is 0 Å². The predicted octanol–water partition coefficient (Wildman–Crippen LogP) is 3.35. The predicted molar refractivity (Wildman–Crippen MR) is 67.5 cm³/mol. The Kier molecular flexibility index (Phi) is 5.83. The molecule has 1 aliphatic carbocycles. The molecular formula is C12H20BrF2NO. The smallest absolute Gasteiger partial charge is 0.248 e. The van der Waals surface area contributed by atoms with Gasteiger partial charge in [-0.15, -0.1) is 0 Å². The first-order chi connectivity index (χ1) is 7.94. The van der Waals surface area contributed by atoms with Crippen molar-refractivity contribution < 1.29 is 13.6 Å². The van der Waals surface area contributed by atoms with Crippen LogP contribution >= 0.6 is 15.9 Å². The Balaban J connectivity index is 2.25. The summed E-state index contributed by atoms with van der Waals surface area (Å²) in [5.41, 5.74) is 0. The van der Waals surface area contributed by atoms with Gasteiger partial charge in [-0.25, -0.2) is 8.78 Å². The van der Waals surface area contributed by atoms with Crippen LogP contribution in [0.4, 0.5) is 8.78 Å². The van der Waals surface area contributed by atoms with Crippen molar-refractivity contribution in [2.45, 2.75) is 45.0 Å². The average Bonchev–Trinajstić information content (AvgIpc) is 2.26. The summed E-state index contributed by atoms with van der Waals surface area (Å²) in [4.78, 5) is 11.8. The van der Waals surface area contributed by atoms with Crippen LogP contribution in [0.5, 0.6) is 0 Å². The Bertz CT molecular complexity index is 251. The highest BCUT2D eigenvalue weighted by atomic mass is 79.9. The minimum atomic E-state index is -2.56. The fourth-order valence-corrected chi connectivity index (χ4v) is 2.79. The van der Waals surface area contributed by atoms with Crippen LogP contribution in [0.3, 0.4) is 0 Å². The molecule has 100 valence electrons. The lowest BCUT2D eigenvalue weighted by Crippen LogP contribution is -2.37. The molecule has 0 radical (unpaired) electrons. The number of carbonyl (C=O) groups excluding carboxylic acids is 1. The van der Waals surface area contributed by atoms with Gasteiger partial charge in [-0.1, -0.05) is 22.9 Å². The molecule has 0 bridgehead atoms. The minimum Gasteiger partial charge on any atom is -0.356 e. The molecule has 0 saturated heterocycles. The third-order valence-corrected chi connectivity index (χ3v) is 3.77. The van der Waals surface area contributed by atoms with Gasteiger partial charge in [-0.2, -0.15) is 0 Å². The Morgan fingerprint density at radius 3 is 2.59 bits per heavy atom. The highest BCUT2D eigenvalue weighted by Crippen LogP contribution is 2.36. The third kappa shape index (κ3) is 5.32. The number of hydrogen-bond acceptors (Lipinski definition) is 1. The molecule has 1 amide bonds. The largest absolute Gasteiger partial charge is 0.356 e. The van der Waals surface area contributed by atoms with Gasteiger partial charge in [-0.3, -0.25) is 4.79 Å². The first-order valence-corrected chi connectivity index (χ1v) is 7.28. The van der Waals surface area contributed by atoms with Crippen molar-refractivity contribution in [2.24, 2.45) is 11.8 Å². The molecule has 0 aromatic rings. The van der Waals surface area contributed by atoms with E-state index in [1.54, 1.807) is 0 Å². The minimum absolute atomic E-state index is 0.0538. The van der Waals surface area contributed by atoms with Crippen LogP contribution in [-0.4, -0.2) is 23.7 Å². The number of hydrogen-bond donors (Lipinski definition) is 1. The maximum atomic E-state index is 12.9. The van der Waals surface area contributed by atoms with Crippen LogP contribution in [0.25, 0.3) is 0 Å². The average molecular weight is 312 g/mol. The van der Waals surface area contributed by atoms with Crippen molar-refractivity contribution in [1.29, 1.82) is 0 Å². The SMILES string of the molecule is CC(CCBr)CNC(=O)C1CCC(F)(F)CC1. The van der Waals surface area contributed by atoms with Crippen molar-refractivity contribution >= 4 is 21.8 Å². The summed E-state index contributed by atoms with van der Waals surface area (Å²) < 4.78 is 25.8. The summed E-state index contributed by atoms with van der Waals surface area (Å²) in [6.45, 7) is 2.70. The molecule has 1 unspecified atom stereocenters. The van der Waals surface area contributed by atoms with Crippen molar-refractivity contribution in [3.05, 3.63) is 0 Å².